The largest absolute Gasteiger partial charge is 0.497 e. The molecule has 4 aromatic rings. The fourth-order valence-electron chi connectivity index (χ4n) is 6.91. The molecule has 222 valence electrons. The molecule has 0 spiro atoms. The summed E-state index contributed by atoms with van der Waals surface area (Å²) in [6, 6.07) is 31.3. The molecule has 0 amide bonds. The van der Waals surface area contributed by atoms with Gasteiger partial charge in [-0.1, -0.05) is 75.7 Å². The summed E-state index contributed by atoms with van der Waals surface area (Å²) >= 11 is 0. The van der Waals surface area contributed by atoms with Crippen LogP contribution < -0.4 is 9.75 Å². The quantitative estimate of drug-likeness (QED) is 0.199. The maximum atomic E-state index is 14.6. The van der Waals surface area contributed by atoms with E-state index in [2.05, 4.69) is 45.0 Å². The maximum absolute atomic E-state index is 14.6. The zero-order valence-corrected chi connectivity index (χ0v) is 25.4. The molecule has 5 atom stereocenters. The summed E-state index contributed by atoms with van der Waals surface area (Å²) in [6.07, 6.45) is 4.39. The molecule has 1 aliphatic heterocycles. The van der Waals surface area contributed by atoms with Gasteiger partial charge in [0.2, 0.25) is 0 Å². The Hall–Kier alpha value is -4.32. The highest BCUT2D eigenvalue weighted by Gasteiger charge is 2.49. The molecule has 2 heterocycles. The zero-order valence-electron chi connectivity index (χ0n) is 25.4. The van der Waals surface area contributed by atoms with Crippen molar-refractivity contribution in [2.24, 2.45) is 16.9 Å². The summed E-state index contributed by atoms with van der Waals surface area (Å²) in [5, 5.41) is 6.91. The van der Waals surface area contributed by atoms with E-state index < -0.39 is 12.0 Å². The highest BCUT2D eigenvalue weighted by Crippen LogP contribution is 2.45. The van der Waals surface area contributed by atoms with Crippen molar-refractivity contribution in [3.8, 4) is 5.75 Å². The first-order valence-corrected chi connectivity index (χ1v) is 15.2. The molecule has 1 aliphatic carbocycles. The van der Waals surface area contributed by atoms with Crippen LogP contribution in [0, 0.1) is 11.8 Å². The van der Waals surface area contributed by atoms with Gasteiger partial charge in [-0.05, 0) is 83.8 Å². The van der Waals surface area contributed by atoms with Crippen molar-refractivity contribution in [3.63, 3.8) is 0 Å². The van der Waals surface area contributed by atoms with Crippen molar-refractivity contribution in [2.75, 3.05) is 12.1 Å². The Morgan fingerprint density at radius 2 is 1.60 bits per heavy atom. The van der Waals surface area contributed by atoms with E-state index in [4.69, 9.17) is 19.0 Å². The first kappa shape index (κ1) is 28.8. The van der Waals surface area contributed by atoms with E-state index in [1.165, 1.54) is 5.56 Å². The topological polar surface area (TPSA) is 64.3 Å². The molecular weight excluding hydrogens is 536 g/mol. The van der Waals surface area contributed by atoms with Crippen LogP contribution >= 0.6 is 0 Å². The van der Waals surface area contributed by atoms with Gasteiger partial charge in [-0.3, -0.25) is 0 Å². The number of hydrogen-bond acceptors (Lipinski definition) is 6. The smallest absolute Gasteiger partial charge is 0.332 e. The Morgan fingerprint density at radius 1 is 0.907 bits per heavy atom. The van der Waals surface area contributed by atoms with Crippen molar-refractivity contribution in [3.05, 3.63) is 120 Å². The van der Waals surface area contributed by atoms with Crippen LogP contribution in [-0.2, 0) is 14.9 Å². The van der Waals surface area contributed by atoms with Crippen LogP contribution in [0.15, 0.2) is 113 Å². The molecule has 1 fully saturated rings. The van der Waals surface area contributed by atoms with Gasteiger partial charge in [-0.25, -0.2) is 9.80 Å². The molecule has 0 saturated heterocycles. The van der Waals surface area contributed by atoms with Gasteiger partial charge in [0.25, 0.3) is 0 Å². The van der Waals surface area contributed by atoms with E-state index in [1.54, 1.807) is 13.4 Å². The molecule has 1 aromatic heterocycles. The van der Waals surface area contributed by atoms with Crippen LogP contribution in [-0.4, -0.2) is 30.9 Å². The van der Waals surface area contributed by atoms with E-state index in [0.717, 1.165) is 42.0 Å². The Bertz CT molecular complexity index is 1530. The first-order valence-electron chi connectivity index (χ1n) is 15.2. The second kappa shape index (κ2) is 12.1. The Morgan fingerprint density at radius 3 is 2.26 bits per heavy atom. The van der Waals surface area contributed by atoms with Crippen molar-refractivity contribution in [2.45, 2.75) is 63.5 Å². The van der Waals surface area contributed by atoms with Gasteiger partial charge in [0.05, 0.1) is 30.7 Å². The summed E-state index contributed by atoms with van der Waals surface area (Å²) in [4.78, 5) is 14.6. The lowest BCUT2D eigenvalue weighted by molar-refractivity contribution is -0.158. The summed E-state index contributed by atoms with van der Waals surface area (Å²) < 4.78 is 18.0. The molecule has 6 heteroatoms. The van der Waals surface area contributed by atoms with E-state index >= 15 is 0 Å². The molecule has 0 bridgehead atoms. The standard InChI is InChI=1S/C37H40N2O4/c1-25-17-22-30(37(2,3)27-12-7-5-8-13-27)32(24-25)43-36(40)35-33(31-16-11-23-42-31)34(26-18-20-29(41-4)21-19-26)38-39(35)28-14-9-6-10-15-28/h5-16,18-21,23,25,30,32-33,35H,17,22,24H2,1-4H3/t25-,30-,32-,33+,35+/m1/s1. The molecule has 1 saturated carbocycles. The van der Waals surface area contributed by atoms with Gasteiger partial charge in [0.1, 0.15) is 17.6 Å². The van der Waals surface area contributed by atoms with Gasteiger partial charge >= 0.3 is 5.97 Å². The minimum Gasteiger partial charge on any atom is -0.497 e. The fourth-order valence-corrected chi connectivity index (χ4v) is 6.91. The number of nitrogens with zero attached hydrogens (tertiary/aromatic N) is 2. The van der Waals surface area contributed by atoms with Crippen molar-refractivity contribution in [1.82, 2.24) is 0 Å². The molecular formula is C37H40N2O4. The van der Waals surface area contributed by atoms with E-state index in [9.17, 15) is 4.79 Å². The number of carbonyl (C=O) groups excluding carboxylic acids is 1. The molecule has 3 aromatic carbocycles. The molecule has 6 rings (SSSR count). The molecule has 0 N–H and O–H groups in total. The first-order chi connectivity index (χ1) is 20.9. The summed E-state index contributed by atoms with van der Waals surface area (Å²) in [5.74, 6) is 1.34. The number of anilines is 1. The van der Waals surface area contributed by atoms with Gasteiger partial charge in [-0.15, -0.1) is 0 Å². The van der Waals surface area contributed by atoms with Crippen molar-refractivity contribution < 1.29 is 18.7 Å². The van der Waals surface area contributed by atoms with Crippen molar-refractivity contribution in [1.29, 1.82) is 0 Å². The number of esters is 1. The second-order valence-electron chi connectivity index (χ2n) is 12.4. The van der Waals surface area contributed by atoms with Gasteiger partial charge in [0.15, 0.2) is 6.04 Å². The predicted octanol–water partition coefficient (Wildman–Crippen LogP) is 7.99. The van der Waals surface area contributed by atoms with E-state index in [-0.39, 0.29) is 23.4 Å². The minimum absolute atomic E-state index is 0.160. The highest BCUT2D eigenvalue weighted by molar-refractivity contribution is 6.11. The van der Waals surface area contributed by atoms with Gasteiger partial charge in [-0.2, -0.15) is 5.10 Å². The minimum atomic E-state index is -0.733. The predicted molar refractivity (Wildman–Crippen MR) is 170 cm³/mol. The number of hydrogen-bond donors (Lipinski definition) is 0. The summed E-state index contributed by atoms with van der Waals surface area (Å²) in [5.41, 5.74) is 3.57. The number of rotatable bonds is 8. The monoisotopic (exact) mass is 576 g/mol. The maximum Gasteiger partial charge on any atom is 0.332 e. The van der Waals surface area contributed by atoms with E-state index in [1.807, 2.05) is 77.8 Å². The van der Waals surface area contributed by atoms with Crippen LogP contribution in [0.5, 0.6) is 5.75 Å². The fraction of sp³-hybridized carbons (Fsp3) is 0.351. The van der Waals surface area contributed by atoms with Crippen LogP contribution in [0.25, 0.3) is 0 Å². The van der Waals surface area contributed by atoms with E-state index in [0.29, 0.717) is 11.7 Å². The number of ether oxygens (including phenoxy) is 2. The summed E-state index contributed by atoms with van der Waals surface area (Å²) in [6.45, 7) is 6.83. The Balaban J connectivity index is 1.38. The number of hydrazone groups is 1. The molecule has 0 radical (unpaired) electrons. The number of methoxy groups -OCH3 is 1. The molecule has 2 aliphatic rings. The average molecular weight is 577 g/mol. The van der Waals surface area contributed by atoms with Crippen LogP contribution in [0.3, 0.4) is 0 Å². The number of para-hydroxylation sites is 1. The third-order valence-electron chi connectivity index (χ3n) is 9.35. The number of benzene rings is 3. The second-order valence-corrected chi connectivity index (χ2v) is 12.4. The lowest BCUT2D eigenvalue weighted by Crippen LogP contribution is -2.47. The summed E-state index contributed by atoms with van der Waals surface area (Å²) in [7, 11) is 1.65. The van der Waals surface area contributed by atoms with Crippen LogP contribution in [0.4, 0.5) is 5.69 Å². The van der Waals surface area contributed by atoms with Crippen LogP contribution in [0.1, 0.15) is 62.8 Å². The lowest BCUT2D eigenvalue weighted by Gasteiger charge is -2.44. The lowest BCUT2D eigenvalue weighted by atomic mass is 9.64. The average Bonchev–Trinajstić information content (AvgIpc) is 3.70. The highest BCUT2D eigenvalue weighted by atomic mass is 16.5. The number of furan rings is 1. The Kier molecular flexibility index (Phi) is 8.11. The Labute approximate surface area is 254 Å². The normalized spacial score (nSPS) is 24.0. The molecule has 0 unspecified atom stereocenters. The number of carbonyl (C=O) groups is 1. The van der Waals surface area contributed by atoms with Gasteiger partial charge < -0.3 is 13.9 Å². The van der Waals surface area contributed by atoms with Gasteiger partial charge in [0, 0.05) is 5.92 Å². The SMILES string of the molecule is COc1ccc(C2=NN(c3ccccc3)[C@H](C(=O)O[C@@H]3C[C@H](C)CC[C@H]3C(C)(C)c3ccccc3)[C@H]2c2ccco2)cc1. The molecule has 6 nitrogen and oxygen atoms in total. The molecule has 43 heavy (non-hydrogen) atoms. The van der Waals surface area contributed by atoms with Crippen molar-refractivity contribution >= 4 is 17.4 Å². The third-order valence-corrected chi connectivity index (χ3v) is 9.35. The zero-order chi connectivity index (χ0) is 30.0. The third kappa shape index (κ3) is 5.71. The van der Waals surface area contributed by atoms with Crippen LogP contribution in [0.2, 0.25) is 0 Å².